The molecule has 0 aromatic carbocycles. The third-order valence-corrected chi connectivity index (χ3v) is 4.42. The van der Waals surface area contributed by atoms with Crippen molar-refractivity contribution in [3.05, 3.63) is 17.5 Å². The molecule has 0 amide bonds. The van der Waals surface area contributed by atoms with Crippen molar-refractivity contribution in [2.24, 2.45) is 11.8 Å². The maximum absolute atomic E-state index is 4.07. The first-order valence-electron chi connectivity index (χ1n) is 7.39. The van der Waals surface area contributed by atoms with Crippen molar-refractivity contribution < 1.29 is 0 Å². The molecule has 18 heavy (non-hydrogen) atoms. The normalized spacial score (nSPS) is 28.5. The molecule has 0 radical (unpaired) electrons. The van der Waals surface area contributed by atoms with E-state index in [-0.39, 0.29) is 0 Å². The van der Waals surface area contributed by atoms with E-state index in [0.29, 0.717) is 0 Å². The van der Waals surface area contributed by atoms with Gasteiger partial charge in [0.15, 0.2) is 0 Å². The number of aryl methyl sites for hydroxylation is 2. The largest absolute Gasteiger partial charge is 0.314 e. The summed E-state index contributed by atoms with van der Waals surface area (Å²) in [5.41, 5.74) is 2.58. The van der Waals surface area contributed by atoms with E-state index in [9.17, 15) is 0 Å². The Morgan fingerprint density at radius 2 is 2.22 bits per heavy atom. The fourth-order valence-electron chi connectivity index (χ4n) is 3.01. The van der Waals surface area contributed by atoms with Gasteiger partial charge in [-0.15, -0.1) is 0 Å². The van der Waals surface area contributed by atoms with E-state index < -0.39 is 0 Å². The first-order chi connectivity index (χ1) is 8.66. The number of nitrogens with one attached hydrogen (secondary N) is 2. The van der Waals surface area contributed by atoms with Crippen LogP contribution in [0.2, 0.25) is 0 Å². The minimum Gasteiger partial charge on any atom is -0.314 e. The van der Waals surface area contributed by atoms with Crippen LogP contribution in [0.1, 0.15) is 50.8 Å². The number of H-pyrrole nitrogens is 1. The van der Waals surface area contributed by atoms with Gasteiger partial charge in [0.1, 0.15) is 0 Å². The van der Waals surface area contributed by atoms with Gasteiger partial charge in [0.25, 0.3) is 0 Å². The highest BCUT2D eigenvalue weighted by Crippen LogP contribution is 2.28. The van der Waals surface area contributed by atoms with Gasteiger partial charge in [-0.3, -0.25) is 5.10 Å². The smallest absolute Gasteiger partial charge is 0.0522 e. The van der Waals surface area contributed by atoms with Crippen LogP contribution in [0.5, 0.6) is 0 Å². The Hall–Kier alpha value is -0.830. The topological polar surface area (TPSA) is 40.7 Å². The number of rotatable bonds is 5. The predicted octanol–water partition coefficient (Wildman–Crippen LogP) is 3.07. The third-order valence-electron chi connectivity index (χ3n) is 4.42. The van der Waals surface area contributed by atoms with Crippen LogP contribution >= 0.6 is 0 Å². The molecular weight excluding hydrogens is 222 g/mol. The van der Waals surface area contributed by atoms with E-state index in [0.717, 1.165) is 30.8 Å². The Kier molecular flexibility index (Phi) is 4.81. The number of nitrogens with zero attached hydrogens (tertiary/aromatic N) is 1. The molecule has 3 atom stereocenters. The van der Waals surface area contributed by atoms with Gasteiger partial charge in [-0.2, -0.15) is 5.10 Å². The lowest BCUT2D eigenvalue weighted by atomic mass is 9.80. The number of hydrogen-bond donors (Lipinski definition) is 2. The van der Waals surface area contributed by atoms with E-state index in [4.69, 9.17) is 0 Å². The summed E-state index contributed by atoms with van der Waals surface area (Å²) in [7, 11) is 0. The molecule has 0 aliphatic heterocycles. The van der Waals surface area contributed by atoms with E-state index in [2.05, 4.69) is 36.3 Å². The minimum absolute atomic E-state index is 0.735. The van der Waals surface area contributed by atoms with Crippen molar-refractivity contribution in [1.29, 1.82) is 0 Å². The average molecular weight is 249 g/mol. The van der Waals surface area contributed by atoms with E-state index in [1.807, 2.05) is 6.20 Å². The zero-order valence-corrected chi connectivity index (χ0v) is 12.0. The molecule has 1 aromatic rings. The molecule has 2 N–H and O–H groups in total. The van der Waals surface area contributed by atoms with Crippen molar-refractivity contribution in [1.82, 2.24) is 15.5 Å². The predicted molar refractivity (Wildman–Crippen MR) is 75.6 cm³/mol. The minimum atomic E-state index is 0.735. The van der Waals surface area contributed by atoms with Crippen LogP contribution in [0.25, 0.3) is 0 Å². The lowest BCUT2D eigenvalue weighted by Crippen LogP contribution is -2.40. The first kappa shape index (κ1) is 13.6. The summed E-state index contributed by atoms with van der Waals surface area (Å²) in [4.78, 5) is 0. The quantitative estimate of drug-likeness (QED) is 0.787. The van der Waals surface area contributed by atoms with Crippen molar-refractivity contribution in [2.45, 2.75) is 58.9 Å². The molecule has 1 saturated carbocycles. The summed E-state index contributed by atoms with van der Waals surface area (Å²) in [5.74, 6) is 1.74. The maximum atomic E-state index is 4.07. The second kappa shape index (κ2) is 6.37. The molecule has 102 valence electrons. The lowest BCUT2D eigenvalue weighted by Gasteiger charge is -2.33. The molecule has 1 heterocycles. The molecular formula is C15H27N3. The number of aromatic nitrogens is 2. The number of hydrogen-bond acceptors (Lipinski definition) is 2. The van der Waals surface area contributed by atoms with Crippen LogP contribution in [0.3, 0.4) is 0 Å². The standard InChI is InChI=1S/C15H27N3/c1-11-6-7-12(2)15(9-11)16-8-4-5-14-10-17-18-13(14)3/h10-12,15-16H,4-9H2,1-3H3,(H,17,18). The van der Waals surface area contributed by atoms with Crippen molar-refractivity contribution in [2.75, 3.05) is 6.54 Å². The summed E-state index contributed by atoms with van der Waals surface area (Å²) in [6.07, 6.45) is 8.45. The molecule has 1 aromatic heterocycles. The molecule has 3 heteroatoms. The van der Waals surface area contributed by atoms with Gasteiger partial charge in [-0.25, -0.2) is 0 Å². The summed E-state index contributed by atoms with van der Waals surface area (Å²) >= 11 is 0. The van der Waals surface area contributed by atoms with Crippen LogP contribution in [-0.4, -0.2) is 22.8 Å². The van der Waals surface area contributed by atoms with Crippen molar-refractivity contribution in [3.8, 4) is 0 Å². The monoisotopic (exact) mass is 249 g/mol. The third kappa shape index (κ3) is 3.58. The van der Waals surface area contributed by atoms with E-state index in [1.54, 1.807) is 0 Å². The molecule has 0 saturated heterocycles. The Balaban J connectivity index is 1.67. The summed E-state index contributed by atoms with van der Waals surface area (Å²) < 4.78 is 0. The number of aromatic amines is 1. The Labute approximate surface area is 111 Å². The van der Waals surface area contributed by atoms with Gasteiger partial charge in [0.05, 0.1) is 6.20 Å². The van der Waals surface area contributed by atoms with E-state index in [1.165, 1.54) is 36.9 Å². The molecule has 3 unspecified atom stereocenters. The zero-order valence-electron chi connectivity index (χ0n) is 12.0. The maximum Gasteiger partial charge on any atom is 0.0522 e. The first-order valence-corrected chi connectivity index (χ1v) is 7.39. The highest BCUT2D eigenvalue weighted by Gasteiger charge is 2.24. The highest BCUT2D eigenvalue weighted by molar-refractivity contribution is 5.14. The Bertz CT molecular complexity index is 358. The summed E-state index contributed by atoms with van der Waals surface area (Å²) in [6.45, 7) is 8.01. The van der Waals surface area contributed by atoms with Gasteiger partial charge in [-0.05, 0) is 56.6 Å². The fraction of sp³-hybridized carbons (Fsp3) is 0.800. The molecule has 0 spiro atoms. The van der Waals surface area contributed by atoms with Crippen molar-refractivity contribution >= 4 is 0 Å². The molecule has 1 aliphatic carbocycles. The van der Waals surface area contributed by atoms with Crippen LogP contribution in [-0.2, 0) is 6.42 Å². The average Bonchev–Trinajstić information content (AvgIpc) is 2.75. The fourth-order valence-corrected chi connectivity index (χ4v) is 3.01. The second-order valence-electron chi connectivity index (χ2n) is 6.08. The highest BCUT2D eigenvalue weighted by atomic mass is 15.1. The van der Waals surface area contributed by atoms with E-state index >= 15 is 0 Å². The summed E-state index contributed by atoms with van der Waals surface area (Å²) in [5, 5.41) is 10.8. The van der Waals surface area contributed by atoms with Gasteiger partial charge in [-0.1, -0.05) is 20.3 Å². The van der Waals surface area contributed by atoms with Crippen molar-refractivity contribution in [3.63, 3.8) is 0 Å². The molecule has 0 bridgehead atoms. The Morgan fingerprint density at radius 1 is 1.39 bits per heavy atom. The van der Waals surface area contributed by atoms with Gasteiger partial charge in [0, 0.05) is 11.7 Å². The van der Waals surface area contributed by atoms with Gasteiger partial charge < -0.3 is 5.32 Å². The lowest BCUT2D eigenvalue weighted by molar-refractivity contribution is 0.229. The van der Waals surface area contributed by atoms with Crippen LogP contribution in [0, 0.1) is 18.8 Å². The van der Waals surface area contributed by atoms with Gasteiger partial charge in [0.2, 0.25) is 0 Å². The zero-order chi connectivity index (χ0) is 13.0. The molecule has 2 rings (SSSR count). The Morgan fingerprint density at radius 3 is 2.94 bits per heavy atom. The van der Waals surface area contributed by atoms with Crippen LogP contribution < -0.4 is 5.32 Å². The second-order valence-corrected chi connectivity index (χ2v) is 6.08. The SMILES string of the molecule is Cc1[nH]ncc1CCCNC1CC(C)CCC1C. The van der Waals surface area contributed by atoms with Crippen LogP contribution in [0.15, 0.2) is 6.20 Å². The van der Waals surface area contributed by atoms with Crippen LogP contribution in [0.4, 0.5) is 0 Å². The molecule has 3 nitrogen and oxygen atoms in total. The summed E-state index contributed by atoms with van der Waals surface area (Å²) in [6, 6.07) is 0.735. The molecule has 1 fully saturated rings. The van der Waals surface area contributed by atoms with Gasteiger partial charge >= 0.3 is 0 Å². The molecule has 1 aliphatic rings.